The van der Waals surface area contributed by atoms with E-state index in [9.17, 15) is 4.79 Å². The van der Waals surface area contributed by atoms with E-state index in [2.05, 4.69) is 5.43 Å². The van der Waals surface area contributed by atoms with E-state index in [-0.39, 0.29) is 11.8 Å². The standard InChI is InChI=1S/C25H25Cl3N4O/c26-17-9-7-16(8-10-17)24-19-5-4-6-20(25(33)30-31-13-2-1-3-14-31)23(19)29-32(24)22-12-11-18(27)15-21(22)28/h7-12,15,20H,1-6,13-14H2,(H,30,33). The predicted molar refractivity (Wildman–Crippen MR) is 133 cm³/mol. The van der Waals surface area contributed by atoms with Crippen molar-refractivity contribution in [1.29, 1.82) is 0 Å². The first kappa shape index (κ1) is 22.7. The summed E-state index contributed by atoms with van der Waals surface area (Å²) in [4.78, 5) is 13.3. The third kappa shape index (κ3) is 4.65. The molecule has 8 heteroatoms. The van der Waals surface area contributed by atoms with Crippen LogP contribution in [0.2, 0.25) is 15.1 Å². The molecule has 0 saturated carbocycles. The van der Waals surface area contributed by atoms with Crippen LogP contribution in [0.4, 0.5) is 0 Å². The highest BCUT2D eigenvalue weighted by Crippen LogP contribution is 2.40. The number of amides is 1. The third-order valence-electron chi connectivity index (χ3n) is 6.46. The predicted octanol–water partition coefficient (Wildman–Crippen LogP) is 6.44. The number of rotatable bonds is 4. The summed E-state index contributed by atoms with van der Waals surface area (Å²) in [6.07, 6.45) is 5.99. The number of carbonyl (C=O) groups excluding carboxylic acids is 1. The van der Waals surface area contributed by atoms with Crippen molar-refractivity contribution in [2.75, 3.05) is 13.1 Å². The van der Waals surface area contributed by atoms with Crippen molar-refractivity contribution in [1.82, 2.24) is 20.2 Å². The fourth-order valence-electron chi connectivity index (χ4n) is 4.84. The number of aromatic nitrogens is 2. The number of piperidine rings is 1. The Morgan fingerprint density at radius 3 is 2.39 bits per heavy atom. The summed E-state index contributed by atoms with van der Waals surface area (Å²) in [6.45, 7) is 1.80. The number of hydrazine groups is 1. The summed E-state index contributed by atoms with van der Waals surface area (Å²) in [7, 11) is 0. The molecule has 1 aliphatic heterocycles. The zero-order valence-electron chi connectivity index (χ0n) is 18.2. The van der Waals surface area contributed by atoms with Crippen LogP contribution in [-0.4, -0.2) is 33.8 Å². The molecule has 5 rings (SSSR count). The molecule has 2 aromatic carbocycles. The maximum Gasteiger partial charge on any atom is 0.243 e. The lowest BCUT2D eigenvalue weighted by Gasteiger charge is -2.29. The second kappa shape index (κ2) is 9.67. The van der Waals surface area contributed by atoms with E-state index in [1.165, 1.54) is 6.42 Å². The van der Waals surface area contributed by atoms with Crippen LogP contribution in [0, 0.1) is 0 Å². The Bertz CT molecular complexity index is 1170. The number of hydrogen-bond donors (Lipinski definition) is 1. The molecule has 1 fully saturated rings. The SMILES string of the molecule is O=C(NN1CCCCC1)C1CCCc2c1nn(-c1ccc(Cl)cc1Cl)c2-c1ccc(Cl)cc1. The molecular formula is C25H25Cl3N4O. The fourth-order valence-corrected chi connectivity index (χ4v) is 5.45. The van der Waals surface area contributed by atoms with E-state index in [0.717, 1.165) is 73.4 Å². The molecule has 1 amide bonds. The number of fused-ring (bicyclic) bond motifs is 1. The fraction of sp³-hybridized carbons (Fsp3) is 0.360. The van der Waals surface area contributed by atoms with Gasteiger partial charge in [0.05, 0.1) is 28.0 Å². The summed E-state index contributed by atoms with van der Waals surface area (Å²) in [6, 6.07) is 13.1. The summed E-state index contributed by atoms with van der Waals surface area (Å²) < 4.78 is 1.86. The first-order valence-corrected chi connectivity index (χ1v) is 12.5. The second-order valence-corrected chi connectivity index (χ2v) is 9.98. The zero-order chi connectivity index (χ0) is 22.9. The number of benzene rings is 2. The summed E-state index contributed by atoms with van der Waals surface area (Å²) in [5.41, 5.74) is 7.73. The molecule has 3 aromatic rings. The highest BCUT2D eigenvalue weighted by molar-refractivity contribution is 6.35. The average molecular weight is 504 g/mol. The monoisotopic (exact) mass is 502 g/mol. The topological polar surface area (TPSA) is 50.2 Å². The van der Waals surface area contributed by atoms with Crippen LogP contribution in [0.1, 0.15) is 49.3 Å². The smallest absolute Gasteiger partial charge is 0.243 e. The molecule has 0 spiro atoms. The van der Waals surface area contributed by atoms with Crippen molar-refractivity contribution in [2.45, 2.75) is 44.4 Å². The van der Waals surface area contributed by atoms with Gasteiger partial charge in [0.15, 0.2) is 0 Å². The molecule has 1 saturated heterocycles. The molecule has 0 bridgehead atoms. The summed E-state index contributed by atoms with van der Waals surface area (Å²) >= 11 is 18.9. The van der Waals surface area contributed by atoms with Gasteiger partial charge in [-0.25, -0.2) is 9.69 Å². The van der Waals surface area contributed by atoms with Crippen molar-refractivity contribution >= 4 is 40.7 Å². The van der Waals surface area contributed by atoms with Gasteiger partial charge in [0.2, 0.25) is 5.91 Å². The van der Waals surface area contributed by atoms with E-state index < -0.39 is 0 Å². The normalized spacial score (nSPS) is 18.7. The Labute approximate surface area is 208 Å². The molecule has 172 valence electrons. The van der Waals surface area contributed by atoms with Crippen molar-refractivity contribution in [2.24, 2.45) is 0 Å². The van der Waals surface area contributed by atoms with E-state index in [1.807, 2.05) is 40.0 Å². The molecule has 2 heterocycles. The van der Waals surface area contributed by atoms with Gasteiger partial charge in [0.1, 0.15) is 0 Å². The highest BCUT2D eigenvalue weighted by atomic mass is 35.5. The van der Waals surface area contributed by atoms with E-state index in [1.54, 1.807) is 12.1 Å². The maximum absolute atomic E-state index is 13.3. The van der Waals surface area contributed by atoms with Crippen molar-refractivity contribution in [3.8, 4) is 16.9 Å². The zero-order valence-corrected chi connectivity index (χ0v) is 20.4. The van der Waals surface area contributed by atoms with Crippen LogP contribution >= 0.6 is 34.8 Å². The third-order valence-corrected chi connectivity index (χ3v) is 7.25. The first-order chi connectivity index (χ1) is 16.0. The highest BCUT2D eigenvalue weighted by Gasteiger charge is 2.34. The van der Waals surface area contributed by atoms with Gasteiger partial charge < -0.3 is 0 Å². The van der Waals surface area contributed by atoms with E-state index in [0.29, 0.717) is 15.1 Å². The van der Waals surface area contributed by atoms with Crippen molar-refractivity contribution < 1.29 is 4.79 Å². The largest absolute Gasteiger partial charge is 0.288 e. The summed E-state index contributed by atoms with van der Waals surface area (Å²) in [5.74, 6) is -0.276. The number of nitrogens with zero attached hydrogens (tertiary/aromatic N) is 3. The minimum Gasteiger partial charge on any atom is -0.288 e. The maximum atomic E-state index is 13.3. The minimum atomic E-state index is -0.297. The van der Waals surface area contributed by atoms with Crippen LogP contribution in [0.5, 0.6) is 0 Å². The number of halogens is 3. The molecule has 5 nitrogen and oxygen atoms in total. The number of carbonyl (C=O) groups is 1. The number of nitrogens with one attached hydrogen (secondary N) is 1. The van der Waals surface area contributed by atoms with Gasteiger partial charge >= 0.3 is 0 Å². The Balaban J connectivity index is 1.59. The Morgan fingerprint density at radius 2 is 1.67 bits per heavy atom. The molecule has 33 heavy (non-hydrogen) atoms. The quantitative estimate of drug-likeness (QED) is 0.446. The van der Waals surface area contributed by atoms with Crippen molar-refractivity contribution in [3.05, 3.63) is 68.8 Å². The van der Waals surface area contributed by atoms with Crippen LogP contribution in [0.25, 0.3) is 16.9 Å². The molecule has 1 atom stereocenters. The van der Waals surface area contributed by atoms with Gasteiger partial charge in [-0.05, 0) is 62.4 Å². The molecule has 1 unspecified atom stereocenters. The molecule has 1 aromatic heterocycles. The molecule has 2 aliphatic rings. The van der Waals surface area contributed by atoms with Crippen LogP contribution < -0.4 is 5.43 Å². The van der Waals surface area contributed by atoms with Gasteiger partial charge in [-0.1, -0.05) is 53.4 Å². The number of hydrogen-bond acceptors (Lipinski definition) is 3. The van der Waals surface area contributed by atoms with E-state index in [4.69, 9.17) is 39.9 Å². The van der Waals surface area contributed by atoms with Gasteiger partial charge in [-0.2, -0.15) is 5.10 Å². The van der Waals surface area contributed by atoms with Gasteiger partial charge in [0, 0.05) is 34.3 Å². The van der Waals surface area contributed by atoms with Gasteiger partial charge in [-0.3, -0.25) is 10.2 Å². The van der Waals surface area contributed by atoms with Crippen LogP contribution in [0.3, 0.4) is 0 Å². The van der Waals surface area contributed by atoms with Crippen LogP contribution in [0.15, 0.2) is 42.5 Å². The molecule has 1 N–H and O–H groups in total. The van der Waals surface area contributed by atoms with Crippen LogP contribution in [-0.2, 0) is 11.2 Å². The minimum absolute atomic E-state index is 0.0207. The van der Waals surface area contributed by atoms with E-state index >= 15 is 0 Å². The first-order valence-electron chi connectivity index (χ1n) is 11.4. The lowest BCUT2D eigenvalue weighted by atomic mass is 9.85. The Morgan fingerprint density at radius 1 is 0.939 bits per heavy atom. The van der Waals surface area contributed by atoms with Gasteiger partial charge in [0.25, 0.3) is 0 Å². The lowest BCUT2D eigenvalue weighted by molar-refractivity contribution is -0.128. The summed E-state index contributed by atoms with van der Waals surface area (Å²) in [5, 5.41) is 8.77. The second-order valence-electron chi connectivity index (χ2n) is 8.70. The van der Waals surface area contributed by atoms with Gasteiger partial charge in [-0.15, -0.1) is 0 Å². The molecule has 0 radical (unpaired) electrons. The molecular weight excluding hydrogens is 479 g/mol. The van der Waals surface area contributed by atoms with Crippen molar-refractivity contribution in [3.63, 3.8) is 0 Å². The Hall–Kier alpha value is -2.05. The average Bonchev–Trinajstić information content (AvgIpc) is 3.19. The Kier molecular flexibility index (Phi) is 6.66. The molecule has 1 aliphatic carbocycles. The lowest BCUT2D eigenvalue weighted by Crippen LogP contribution is -2.47.